The van der Waals surface area contributed by atoms with Gasteiger partial charge in [0.25, 0.3) is 0 Å². The Bertz CT molecular complexity index is 538. The van der Waals surface area contributed by atoms with E-state index in [1.165, 1.54) is 18.6 Å². The fourth-order valence-corrected chi connectivity index (χ4v) is 3.66. The van der Waals surface area contributed by atoms with Crippen LogP contribution in [-0.2, 0) is 0 Å². The highest BCUT2D eigenvalue weighted by Gasteiger charge is 2.44. The number of halogens is 1. The number of ketones is 1. The predicted octanol–water partition coefficient (Wildman–Crippen LogP) is 4.38. The van der Waals surface area contributed by atoms with Crippen LogP contribution in [0.2, 0.25) is 0 Å². The van der Waals surface area contributed by atoms with Crippen molar-refractivity contribution >= 4 is 5.78 Å². The molecule has 1 aromatic rings. The maximum atomic E-state index is 13.3. The normalized spacial score (nSPS) is 29.4. The molecule has 2 unspecified atom stereocenters. The largest absolute Gasteiger partial charge is 0.486 e. The molecule has 1 saturated carbocycles. The van der Waals surface area contributed by atoms with Gasteiger partial charge in [0.15, 0.2) is 5.78 Å². The molecule has 108 valence electrons. The summed E-state index contributed by atoms with van der Waals surface area (Å²) in [6.07, 6.45) is 4.58. The number of carbonyl (C=O) groups is 1. The van der Waals surface area contributed by atoms with Crippen LogP contribution in [-0.4, -0.2) is 11.4 Å². The van der Waals surface area contributed by atoms with Gasteiger partial charge >= 0.3 is 0 Å². The van der Waals surface area contributed by atoms with E-state index in [1.807, 2.05) is 0 Å². The SMILES string of the molecule is CC(C)C1CCCC2(CC(=O)c3cc(F)ccc3O2)C1. The fourth-order valence-electron chi connectivity index (χ4n) is 3.66. The number of carbonyl (C=O) groups excluding carboxylic acids is 1. The average Bonchev–Trinajstić information content (AvgIpc) is 2.40. The quantitative estimate of drug-likeness (QED) is 0.761. The monoisotopic (exact) mass is 276 g/mol. The van der Waals surface area contributed by atoms with E-state index in [-0.39, 0.29) is 17.2 Å². The topological polar surface area (TPSA) is 26.3 Å². The van der Waals surface area contributed by atoms with Gasteiger partial charge in [0.05, 0.1) is 12.0 Å². The predicted molar refractivity (Wildman–Crippen MR) is 75.5 cm³/mol. The molecule has 0 amide bonds. The van der Waals surface area contributed by atoms with E-state index in [1.54, 1.807) is 6.07 Å². The Balaban J connectivity index is 1.90. The lowest BCUT2D eigenvalue weighted by atomic mass is 9.70. The Morgan fingerprint density at radius 3 is 2.95 bits per heavy atom. The molecule has 3 rings (SSSR count). The summed E-state index contributed by atoms with van der Waals surface area (Å²) in [4.78, 5) is 12.3. The maximum absolute atomic E-state index is 13.3. The van der Waals surface area contributed by atoms with E-state index in [0.29, 0.717) is 29.6 Å². The molecule has 3 heteroatoms. The molecule has 2 aliphatic rings. The first-order chi connectivity index (χ1) is 9.49. The second-order valence-electron chi connectivity index (χ2n) is 6.63. The third kappa shape index (κ3) is 2.34. The molecule has 0 N–H and O–H groups in total. The number of hydrogen-bond donors (Lipinski definition) is 0. The van der Waals surface area contributed by atoms with Crippen LogP contribution in [0.25, 0.3) is 0 Å². The van der Waals surface area contributed by atoms with Gasteiger partial charge in [-0.3, -0.25) is 4.79 Å². The van der Waals surface area contributed by atoms with E-state index >= 15 is 0 Å². The number of Topliss-reactive ketones (excluding diaryl/α,β-unsaturated/α-hetero) is 1. The number of ether oxygens (including phenoxy) is 1. The Kier molecular flexibility index (Phi) is 3.31. The van der Waals surface area contributed by atoms with E-state index in [0.717, 1.165) is 19.3 Å². The molecule has 20 heavy (non-hydrogen) atoms. The summed E-state index contributed by atoms with van der Waals surface area (Å²) in [7, 11) is 0. The molecule has 0 saturated heterocycles. The summed E-state index contributed by atoms with van der Waals surface area (Å²) >= 11 is 0. The first-order valence-electron chi connectivity index (χ1n) is 7.51. The lowest BCUT2D eigenvalue weighted by Gasteiger charge is -2.44. The molecule has 0 aromatic heterocycles. The van der Waals surface area contributed by atoms with Crippen LogP contribution in [0, 0.1) is 17.7 Å². The molecule has 2 nitrogen and oxygen atoms in total. The number of hydrogen-bond acceptors (Lipinski definition) is 2. The molecule has 1 aromatic carbocycles. The summed E-state index contributed by atoms with van der Waals surface area (Å²) in [5.41, 5.74) is 0.0528. The van der Waals surface area contributed by atoms with Crippen molar-refractivity contribution in [1.29, 1.82) is 0 Å². The van der Waals surface area contributed by atoms with Gasteiger partial charge < -0.3 is 4.74 Å². The van der Waals surface area contributed by atoms with Crippen molar-refractivity contribution in [2.75, 3.05) is 0 Å². The van der Waals surface area contributed by atoms with E-state index in [9.17, 15) is 9.18 Å². The van der Waals surface area contributed by atoms with Crippen LogP contribution >= 0.6 is 0 Å². The zero-order valence-corrected chi connectivity index (χ0v) is 12.1. The maximum Gasteiger partial charge on any atom is 0.170 e. The molecular weight excluding hydrogens is 255 g/mol. The van der Waals surface area contributed by atoms with Crippen LogP contribution in [0.4, 0.5) is 4.39 Å². The number of benzene rings is 1. The van der Waals surface area contributed by atoms with Gasteiger partial charge in [-0.15, -0.1) is 0 Å². The van der Waals surface area contributed by atoms with Crippen LogP contribution < -0.4 is 4.74 Å². The minimum atomic E-state index is -0.375. The molecule has 1 fully saturated rings. The third-order valence-corrected chi connectivity index (χ3v) is 4.84. The number of rotatable bonds is 1. The third-order valence-electron chi connectivity index (χ3n) is 4.84. The van der Waals surface area contributed by atoms with Gasteiger partial charge in [-0.25, -0.2) is 4.39 Å². The van der Waals surface area contributed by atoms with Gasteiger partial charge in [0, 0.05) is 0 Å². The zero-order chi connectivity index (χ0) is 14.3. The van der Waals surface area contributed by atoms with Gasteiger partial charge in [-0.05, 0) is 55.7 Å². The second kappa shape index (κ2) is 4.87. The smallest absolute Gasteiger partial charge is 0.170 e. The van der Waals surface area contributed by atoms with E-state index < -0.39 is 0 Å². The van der Waals surface area contributed by atoms with Gasteiger partial charge in [0.1, 0.15) is 17.2 Å². The summed E-state index contributed by atoms with van der Waals surface area (Å²) in [5.74, 6) is 1.43. The van der Waals surface area contributed by atoms with Crippen LogP contribution in [0.3, 0.4) is 0 Å². The Morgan fingerprint density at radius 1 is 1.40 bits per heavy atom. The highest BCUT2D eigenvalue weighted by atomic mass is 19.1. The average molecular weight is 276 g/mol. The van der Waals surface area contributed by atoms with Crippen LogP contribution in [0.15, 0.2) is 18.2 Å². The summed E-state index contributed by atoms with van der Waals surface area (Å²) in [6, 6.07) is 4.27. The summed E-state index contributed by atoms with van der Waals surface area (Å²) in [5, 5.41) is 0. The lowest BCUT2D eigenvalue weighted by molar-refractivity contribution is -0.0117. The van der Waals surface area contributed by atoms with Crippen molar-refractivity contribution < 1.29 is 13.9 Å². The first-order valence-corrected chi connectivity index (χ1v) is 7.51. The Labute approximate surface area is 119 Å². The Hall–Kier alpha value is -1.38. The highest BCUT2D eigenvalue weighted by Crippen LogP contribution is 2.45. The molecule has 0 bridgehead atoms. The highest BCUT2D eigenvalue weighted by molar-refractivity contribution is 6.00. The van der Waals surface area contributed by atoms with Gasteiger partial charge in [-0.1, -0.05) is 13.8 Å². The molecule has 2 atom stereocenters. The van der Waals surface area contributed by atoms with Crippen molar-refractivity contribution in [3.05, 3.63) is 29.6 Å². The molecule has 1 heterocycles. The summed E-state index contributed by atoms with van der Waals surface area (Å²) in [6.45, 7) is 4.47. The zero-order valence-electron chi connectivity index (χ0n) is 12.1. The second-order valence-corrected chi connectivity index (χ2v) is 6.63. The molecule has 1 spiro atoms. The number of fused-ring (bicyclic) bond motifs is 1. The minimum Gasteiger partial charge on any atom is -0.486 e. The summed E-state index contributed by atoms with van der Waals surface area (Å²) < 4.78 is 19.4. The van der Waals surface area contributed by atoms with Crippen molar-refractivity contribution in [2.45, 2.75) is 51.6 Å². The van der Waals surface area contributed by atoms with Gasteiger partial charge in [-0.2, -0.15) is 0 Å². The molecular formula is C17H21FO2. The molecule has 1 aliphatic carbocycles. The van der Waals surface area contributed by atoms with Crippen molar-refractivity contribution in [3.63, 3.8) is 0 Å². The van der Waals surface area contributed by atoms with Gasteiger partial charge in [0.2, 0.25) is 0 Å². The van der Waals surface area contributed by atoms with Crippen molar-refractivity contribution in [2.24, 2.45) is 11.8 Å². The van der Waals surface area contributed by atoms with E-state index in [2.05, 4.69) is 13.8 Å². The van der Waals surface area contributed by atoms with Crippen LogP contribution in [0.5, 0.6) is 5.75 Å². The van der Waals surface area contributed by atoms with Crippen LogP contribution in [0.1, 0.15) is 56.3 Å². The van der Waals surface area contributed by atoms with Crippen molar-refractivity contribution in [3.8, 4) is 5.75 Å². The minimum absolute atomic E-state index is 0.0233. The van der Waals surface area contributed by atoms with Crippen molar-refractivity contribution in [1.82, 2.24) is 0 Å². The first kappa shape index (κ1) is 13.6. The van der Waals surface area contributed by atoms with E-state index in [4.69, 9.17) is 4.74 Å². The molecule has 1 aliphatic heterocycles. The molecule has 0 radical (unpaired) electrons. The Morgan fingerprint density at radius 2 is 2.20 bits per heavy atom. The lowest BCUT2D eigenvalue weighted by Crippen LogP contribution is -2.46. The fraction of sp³-hybridized carbons (Fsp3) is 0.588. The standard InChI is InChI=1S/C17H21FO2/c1-11(2)12-4-3-7-17(9-12)10-15(19)14-8-13(18)5-6-16(14)20-17/h5-6,8,11-12H,3-4,7,9-10H2,1-2H3.